The van der Waals surface area contributed by atoms with Crippen LogP contribution in [0, 0.1) is 0 Å². The first-order chi connectivity index (χ1) is 9.69. The molecule has 1 aromatic carbocycles. The number of rotatable bonds is 4. The summed E-state index contributed by atoms with van der Waals surface area (Å²) in [7, 11) is 1.58. The second-order valence-electron chi connectivity index (χ2n) is 4.40. The molecule has 1 atom stereocenters. The lowest BCUT2D eigenvalue weighted by atomic mass is 10.2. The van der Waals surface area contributed by atoms with Crippen LogP contribution in [0.2, 0.25) is 0 Å². The average Bonchev–Trinajstić information content (AvgIpc) is 2.50. The van der Waals surface area contributed by atoms with Crippen molar-refractivity contribution in [2.24, 2.45) is 0 Å². The maximum absolute atomic E-state index is 11.2. The van der Waals surface area contributed by atoms with E-state index >= 15 is 0 Å². The Kier molecular flexibility index (Phi) is 4.55. The quantitative estimate of drug-likeness (QED) is 0.800. The lowest BCUT2D eigenvalue weighted by Gasteiger charge is -2.15. The van der Waals surface area contributed by atoms with Crippen molar-refractivity contribution in [1.29, 1.82) is 0 Å². The number of hydrogen-bond acceptors (Lipinski definition) is 3. The minimum absolute atomic E-state index is 0.119. The summed E-state index contributed by atoms with van der Waals surface area (Å²) in [5.74, 6) is 0. The lowest BCUT2D eigenvalue weighted by Crippen LogP contribution is -2.24. The van der Waals surface area contributed by atoms with Gasteiger partial charge in [-0.15, -0.1) is 0 Å². The Hall–Kier alpha value is -2.56. The van der Waals surface area contributed by atoms with Gasteiger partial charge in [0.1, 0.15) is 0 Å². The van der Waals surface area contributed by atoms with Gasteiger partial charge in [0.05, 0.1) is 11.7 Å². The van der Waals surface area contributed by atoms with Crippen molar-refractivity contribution in [3.05, 3.63) is 54.4 Å². The number of benzene rings is 1. The number of hydrogen-bond donors (Lipinski definition) is 3. The number of nitrogens with one attached hydrogen (secondary N) is 3. The molecule has 0 aliphatic rings. The van der Waals surface area contributed by atoms with Crippen LogP contribution < -0.4 is 16.0 Å². The monoisotopic (exact) mass is 270 g/mol. The van der Waals surface area contributed by atoms with Crippen LogP contribution in [0.4, 0.5) is 16.2 Å². The molecular weight excluding hydrogens is 252 g/mol. The van der Waals surface area contributed by atoms with E-state index in [-0.39, 0.29) is 12.1 Å². The Bertz CT molecular complexity index is 554. The number of anilines is 2. The van der Waals surface area contributed by atoms with Gasteiger partial charge in [-0.3, -0.25) is 4.98 Å². The Morgan fingerprint density at radius 2 is 1.80 bits per heavy atom. The normalized spacial score (nSPS) is 11.5. The molecule has 0 aliphatic heterocycles. The molecule has 0 bridgehead atoms. The summed E-state index contributed by atoms with van der Waals surface area (Å²) >= 11 is 0. The average molecular weight is 270 g/mol. The Morgan fingerprint density at radius 1 is 1.10 bits per heavy atom. The minimum atomic E-state index is -0.229. The summed E-state index contributed by atoms with van der Waals surface area (Å²) in [5.41, 5.74) is 2.71. The van der Waals surface area contributed by atoms with Crippen LogP contribution in [0.1, 0.15) is 18.7 Å². The van der Waals surface area contributed by atoms with E-state index in [1.165, 1.54) is 0 Å². The smallest absolute Gasteiger partial charge is 0.318 e. The van der Waals surface area contributed by atoms with Gasteiger partial charge in [0.25, 0.3) is 0 Å². The largest absolute Gasteiger partial charge is 0.377 e. The first-order valence-electron chi connectivity index (χ1n) is 6.45. The molecule has 5 nitrogen and oxygen atoms in total. The van der Waals surface area contributed by atoms with Gasteiger partial charge >= 0.3 is 6.03 Å². The minimum Gasteiger partial charge on any atom is -0.377 e. The Balaban J connectivity index is 1.98. The van der Waals surface area contributed by atoms with Crippen molar-refractivity contribution in [2.75, 3.05) is 17.7 Å². The van der Waals surface area contributed by atoms with Crippen LogP contribution in [-0.2, 0) is 0 Å². The fraction of sp³-hybridized carbons (Fsp3) is 0.200. The van der Waals surface area contributed by atoms with E-state index in [2.05, 4.69) is 27.9 Å². The van der Waals surface area contributed by atoms with Crippen molar-refractivity contribution in [3.63, 3.8) is 0 Å². The summed E-state index contributed by atoms with van der Waals surface area (Å²) in [5, 5.41) is 8.58. The standard InChI is InChI=1S/C15H18N4O/c1-11(14-5-3-4-10-17-14)18-12-6-8-13(9-7-12)19-15(20)16-2/h3-11,18H,1-2H3,(H2,16,19,20). The predicted molar refractivity (Wildman–Crippen MR) is 80.8 cm³/mol. The van der Waals surface area contributed by atoms with Crippen molar-refractivity contribution in [3.8, 4) is 0 Å². The molecule has 0 spiro atoms. The molecule has 1 heterocycles. The molecule has 0 aliphatic carbocycles. The number of urea groups is 1. The van der Waals surface area contributed by atoms with Gasteiger partial charge in [-0.2, -0.15) is 0 Å². The zero-order chi connectivity index (χ0) is 14.4. The molecule has 2 rings (SSSR count). The van der Waals surface area contributed by atoms with Gasteiger partial charge in [0, 0.05) is 24.6 Å². The topological polar surface area (TPSA) is 66.1 Å². The molecule has 0 fully saturated rings. The molecule has 20 heavy (non-hydrogen) atoms. The first-order valence-corrected chi connectivity index (χ1v) is 6.45. The number of amides is 2. The number of nitrogens with zero attached hydrogens (tertiary/aromatic N) is 1. The molecule has 1 unspecified atom stereocenters. The highest BCUT2D eigenvalue weighted by Crippen LogP contribution is 2.19. The fourth-order valence-corrected chi connectivity index (χ4v) is 1.80. The number of pyridine rings is 1. The zero-order valence-electron chi connectivity index (χ0n) is 11.6. The summed E-state index contributed by atoms with van der Waals surface area (Å²) in [6.45, 7) is 2.05. The molecule has 2 amide bonds. The van der Waals surface area contributed by atoms with Gasteiger partial charge in [-0.05, 0) is 43.3 Å². The molecule has 0 saturated heterocycles. The van der Waals surface area contributed by atoms with Crippen LogP contribution in [0.3, 0.4) is 0 Å². The van der Waals surface area contributed by atoms with Crippen molar-refractivity contribution < 1.29 is 4.79 Å². The van der Waals surface area contributed by atoms with Crippen molar-refractivity contribution in [1.82, 2.24) is 10.3 Å². The van der Waals surface area contributed by atoms with E-state index in [0.29, 0.717) is 0 Å². The highest BCUT2D eigenvalue weighted by Gasteiger charge is 2.06. The molecular formula is C15H18N4O. The summed E-state index contributed by atoms with van der Waals surface area (Å²) in [6, 6.07) is 13.3. The highest BCUT2D eigenvalue weighted by molar-refractivity contribution is 5.89. The molecule has 0 saturated carbocycles. The Morgan fingerprint density at radius 3 is 2.40 bits per heavy atom. The number of carbonyl (C=O) groups is 1. The Labute approximate surface area is 118 Å². The predicted octanol–water partition coefficient (Wildman–Crippen LogP) is 3.01. The van der Waals surface area contributed by atoms with E-state index in [1.807, 2.05) is 42.5 Å². The maximum atomic E-state index is 11.2. The van der Waals surface area contributed by atoms with E-state index in [4.69, 9.17) is 0 Å². The molecule has 5 heteroatoms. The van der Waals surface area contributed by atoms with E-state index in [9.17, 15) is 4.79 Å². The molecule has 0 radical (unpaired) electrons. The summed E-state index contributed by atoms with van der Waals surface area (Å²) in [6.07, 6.45) is 1.78. The third kappa shape index (κ3) is 3.71. The van der Waals surface area contributed by atoms with Crippen LogP contribution >= 0.6 is 0 Å². The second-order valence-corrected chi connectivity index (χ2v) is 4.40. The van der Waals surface area contributed by atoms with Gasteiger partial charge < -0.3 is 16.0 Å². The van der Waals surface area contributed by atoms with Gasteiger partial charge in [-0.25, -0.2) is 4.79 Å². The first kappa shape index (κ1) is 13.9. The maximum Gasteiger partial charge on any atom is 0.318 e. The van der Waals surface area contributed by atoms with Crippen LogP contribution in [0.5, 0.6) is 0 Å². The number of aromatic nitrogens is 1. The van der Waals surface area contributed by atoms with Gasteiger partial charge in [0.2, 0.25) is 0 Å². The molecule has 1 aromatic heterocycles. The van der Waals surface area contributed by atoms with Crippen LogP contribution in [0.15, 0.2) is 48.7 Å². The zero-order valence-corrected chi connectivity index (χ0v) is 11.6. The SMILES string of the molecule is CNC(=O)Nc1ccc(NC(C)c2ccccn2)cc1. The molecule has 104 valence electrons. The van der Waals surface area contributed by atoms with Crippen molar-refractivity contribution in [2.45, 2.75) is 13.0 Å². The van der Waals surface area contributed by atoms with E-state index in [0.717, 1.165) is 17.1 Å². The van der Waals surface area contributed by atoms with Gasteiger partial charge in [0.15, 0.2) is 0 Å². The summed E-state index contributed by atoms with van der Waals surface area (Å²) < 4.78 is 0. The van der Waals surface area contributed by atoms with Crippen LogP contribution in [-0.4, -0.2) is 18.1 Å². The second kappa shape index (κ2) is 6.56. The number of carbonyl (C=O) groups excluding carboxylic acids is 1. The molecule has 3 N–H and O–H groups in total. The fourth-order valence-electron chi connectivity index (χ4n) is 1.80. The third-order valence-electron chi connectivity index (χ3n) is 2.88. The highest BCUT2D eigenvalue weighted by atomic mass is 16.2. The van der Waals surface area contributed by atoms with E-state index in [1.54, 1.807) is 13.2 Å². The summed E-state index contributed by atoms with van der Waals surface area (Å²) in [4.78, 5) is 15.5. The van der Waals surface area contributed by atoms with Crippen LogP contribution in [0.25, 0.3) is 0 Å². The van der Waals surface area contributed by atoms with Crippen molar-refractivity contribution >= 4 is 17.4 Å². The lowest BCUT2D eigenvalue weighted by molar-refractivity contribution is 0.254. The van der Waals surface area contributed by atoms with Gasteiger partial charge in [-0.1, -0.05) is 6.07 Å². The van der Waals surface area contributed by atoms with E-state index < -0.39 is 0 Å². The third-order valence-corrected chi connectivity index (χ3v) is 2.88. The molecule has 2 aromatic rings.